The molecule has 0 bridgehead atoms. The Kier molecular flexibility index (Phi) is 78.5. The van der Waals surface area contributed by atoms with E-state index in [1.165, 1.54) is 0 Å². The number of ether oxygens (including phenoxy) is 8. The molecule has 15 rings (SSSR count). The zero-order valence-electron chi connectivity index (χ0n) is 71.6. The standard InChI is InChI=1S/4C18H23N2O2.3C6H6.12ClH.4Hf/c4*1-11(2)15-9-21-17(19-15)13-6-5-7-14(8-13)18-20-16(10-22-18)12(3)4;3*1-2-4-6-5-3-1;;;;;;;;;;;;;;;;/h4*5-7,11-12,15-16H,9-10H2,1-4H3;3*1-6H;12*1H;;;;/q4*-1;;;;;;;;;;;;;;;;4*+4/p-12/t4*15-,16-;;;;;;;;;;;;;;;;;;;/m1111.................../s1. The first-order valence-corrected chi connectivity index (χ1v) is 37.9. The van der Waals surface area contributed by atoms with E-state index in [-0.39, 0.29) is 301 Å². The van der Waals surface area contributed by atoms with Gasteiger partial charge in [-0.25, -0.2) is 0 Å². The fourth-order valence-electron chi connectivity index (χ4n) is 11.1. The third-order valence-corrected chi connectivity index (χ3v) is 18.6. The van der Waals surface area contributed by atoms with E-state index in [2.05, 4.69) is 175 Å². The first kappa shape index (κ1) is 135. The monoisotopic (exact) mass is 2570 g/mol. The van der Waals surface area contributed by atoms with Crippen LogP contribution < -0.4 is 149 Å². The van der Waals surface area contributed by atoms with Gasteiger partial charge >= 0.3 is 103 Å². The molecule has 0 saturated carbocycles. The molecule has 0 amide bonds. The van der Waals surface area contributed by atoms with Crippen molar-refractivity contribution < 1.29 is 290 Å². The van der Waals surface area contributed by atoms with Crippen molar-refractivity contribution in [3.05, 3.63) is 251 Å². The van der Waals surface area contributed by atoms with Crippen LogP contribution in [-0.4, -0.2) is 148 Å². The zero-order valence-corrected chi connectivity index (χ0v) is 95.0. The van der Waals surface area contributed by atoms with E-state index in [0.717, 1.165) is 44.5 Å². The van der Waals surface area contributed by atoms with Crippen LogP contribution in [0.3, 0.4) is 0 Å². The van der Waals surface area contributed by atoms with Gasteiger partial charge in [-0.2, -0.15) is 0 Å². The Hall–Kier alpha value is -2.74. The van der Waals surface area contributed by atoms with E-state index in [0.29, 0.717) is 147 Å². The number of hydrogen-bond acceptors (Lipinski definition) is 16. The molecule has 0 radical (unpaired) electrons. The van der Waals surface area contributed by atoms with E-state index >= 15 is 0 Å². The van der Waals surface area contributed by atoms with Gasteiger partial charge in [-0.3, -0.25) is 39.9 Å². The third kappa shape index (κ3) is 43.3. The van der Waals surface area contributed by atoms with Crippen molar-refractivity contribution in [3.63, 3.8) is 0 Å². The largest absolute Gasteiger partial charge is 4.00 e. The van der Waals surface area contributed by atoms with Crippen molar-refractivity contribution in [2.24, 2.45) is 87.3 Å². The molecule has 122 heavy (non-hydrogen) atoms. The molecule has 8 heterocycles. The van der Waals surface area contributed by atoms with Crippen LogP contribution in [0.2, 0.25) is 0 Å². The average Bonchev–Trinajstić information content (AvgIpc) is 1.67. The molecular formula is C90H110Cl12Hf4N8O8. The van der Waals surface area contributed by atoms with Crippen molar-refractivity contribution >= 4 is 47.2 Å². The predicted molar refractivity (Wildman–Crippen MR) is 429 cm³/mol. The topological polar surface area (TPSA) is 173 Å². The van der Waals surface area contributed by atoms with Gasteiger partial charge in [0, 0.05) is 0 Å². The molecule has 0 aromatic heterocycles. The summed E-state index contributed by atoms with van der Waals surface area (Å²) in [7, 11) is 0. The Morgan fingerprint density at radius 1 is 0.180 bits per heavy atom. The molecule has 16 nitrogen and oxygen atoms in total. The van der Waals surface area contributed by atoms with Gasteiger partial charge in [0.1, 0.15) is 100 Å². The van der Waals surface area contributed by atoms with Crippen molar-refractivity contribution in [2.45, 2.75) is 159 Å². The van der Waals surface area contributed by atoms with Crippen LogP contribution in [0.15, 0.2) is 222 Å². The van der Waals surface area contributed by atoms with Crippen LogP contribution in [0, 0.1) is 71.6 Å². The molecule has 0 saturated heterocycles. The van der Waals surface area contributed by atoms with E-state index in [1.807, 2.05) is 182 Å². The number of rotatable bonds is 16. The van der Waals surface area contributed by atoms with Crippen LogP contribution in [0.4, 0.5) is 0 Å². The van der Waals surface area contributed by atoms with E-state index in [9.17, 15) is 0 Å². The van der Waals surface area contributed by atoms with Crippen LogP contribution in [0.25, 0.3) is 0 Å². The summed E-state index contributed by atoms with van der Waals surface area (Å²) in [6.07, 6.45) is 0. The van der Waals surface area contributed by atoms with Crippen molar-refractivity contribution in [1.29, 1.82) is 0 Å². The number of aliphatic imine (C=N–C) groups is 8. The van der Waals surface area contributed by atoms with Crippen molar-refractivity contribution in [3.8, 4) is 0 Å². The minimum Gasteiger partial charge on any atom is -1.00 e. The van der Waals surface area contributed by atoms with Crippen LogP contribution in [0.1, 0.15) is 155 Å². The molecule has 7 aromatic carbocycles. The van der Waals surface area contributed by atoms with Gasteiger partial charge in [0.25, 0.3) is 0 Å². The Balaban J connectivity index is -0.000000212. The summed E-state index contributed by atoms with van der Waals surface area (Å²) >= 11 is 0. The zero-order chi connectivity index (χ0) is 75.5. The molecule has 658 valence electrons. The molecule has 0 unspecified atom stereocenters. The van der Waals surface area contributed by atoms with E-state index in [4.69, 9.17) is 37.9 Å². The van der Waals surface area contributed by atoms with Crippen molar-refractivity contribution in [1.82, 2.24) is 0 Å². The first-order chi connectivity index (χ1) is 51.2. The summed E-state index contributed by atoms with van der Waals surface area (Å²) in [6, 6.07) is 74.9. The summed E-state index contributed by atoms with van der Waals surface area (Å²) in [5.74, 6) is 9.29. The normalized spacial score (nSPS) is 18.7. The molecule has 7 aromatic rings. The van der Waals surface area contributed by atoms with E-state index in [1.54, 1.807) is 0 Å². The number of nitrogens with zero attached hydrogens (tertiary/aromatic N) is 8. The van der Waals surface area contributed by atoms with Gasteiger partial charge in [-0.15, -0.1) is 97.1 Å². The van der Waals surface area contributed by atoms with Gasteiger partial charge in [-0.1, -0.05) is 264 Å². The number of benzene rings is 7. The summed E-state index contributed by atoms with van der Waals surface area (Å²) in [5, 5.41) is 0. The second kappa shape index (κ2) is 71.1. The maximum absolute atomic E-state index is 5.73. The minimum atomic E-state index is 0. The van der Waals surface area contributed by atoms with Crippen LogP contribution in [-0.2, 0) is 141 Å². The SMILES string of the molecule is CC(C)[C@H]1COC(c2[c-]c(C3=N[C@@H](C(C)C)CO3)ccc2)=N1.CC(C)[C@H]1COC(c2[c-]c(C3=N[C@@H](C(C)C)CO3)ccc2)=N1.CC(C)[C@H]1COC(c2[c-]c(C3=N[C@@H](C(C)C)CO3)ccc2)=N1.CC(C)[C@H]1COC(c2[c-]c(C3=N[C@@H](C(C)C)CO3)ccc2)=N1.[Cl-].[Cl-].[Cl-].[Cl-].[Cl-].[Cl-].[Cl-].[Cl-].[Cl-].[Cl-].[Cl-].[Cl-].[Hf+4].[Hf+4].[Hf+4].[Hf+4].c1ccccc1.c1ccccc1.c1ccccc1. The summed E-state index contributed by atoms with van der Waals surface area (Å²) in [5.41, 5.74) is 7.00. The number of halogens is 12. The molecule has 0 N–H and O–H groups in total. The molecule has 0 fully saturated rings. The maximum atomic E-state index is 5.73. The quantitative estimate of drug-likeness (QED) is 0.0679. The summed E-state index contributed by atoms with van der Waals surface area (Å²) in [6.45, 7) is 39.8. The minimum absolute atomic E-state index is 0. The van der Waals surface area contributed by atoms with Gasteiger partial charge in [0.2, 0.25) is 0 Å². The fourth-order valence-corrected chi connectivity index (χ4v) is 11.1. The maximum Gasteiger partial charge on any atom is 4.00 e. The van der Waals surface area contributed by atoms with Gasteiger partial charge in [0.05, 0.1) is 48.3 Å². The second-order valence-electron chi connectivity index (χ2n) is 29.8. The number of hydrogen-bond donors (Lipinski definition) is 0. The smallest absolute Gasteiger partial charge is 1.00 e. The van der Waals surface area contributed by atoms with Gasteiger partial charge in [-0.05, 0) is 47.3 Å². The van der Waals surface area contributed by atoms with Gasteiger partial charge < -0.3 is 187 Å². The van der Waals surface area contributed by atoms with Gasteiger partial charge in [0.15, 0.2) is 0 Å². The first-order valence-electron chi connectivity index (χ1n) is 37.9. The molecule has 0 spiro atoms. The van der Waals surface area contributed by atoms with Crippen LogP contribution in [0.5, 0.6) is 0 Å². The molecule has 0 aliphatic carbocycles. The average molecular weight is 2570 g/mol. The molecule has 32 heteroatoms. The fraction of sp³-hybridized carbons (Fsp3) is 0.444. The summed E-state index contributed by atoms with van der Waals surface area (Å²) < 4.78 is 45.8. The predicted octanol–water partition coefficient (Wildman–Crippen LogP) is -18.5. The molecule has 8 aliphatic heterocycles. The van der Waals surface area contributed by atoms with E-state index < -0.39 is 0 Å². The third-order valence-electron chi connectivity index (χ3n) is 18.6. The molecule has 8 aliphatic rings. The Morgan fingerprint density at radius 2 is 0.270 bits per heavy atom. The Morgan fingerprint density at radius 3 is 0.344 bits per heavy atom. The van der Waals surface area contributed by atoms with Crippen molar-refractivity contribution in [2.75, 3.05) is 52.9 Å². The Labute approximate surface area is 877 Å². The Bertz CT molecular complexity index is 3390. The van der Waals surface area contributed by atoms with Crippen LogP contribution >= 0.6 is 0 Å². The second-order valence-corrected chi connectivity index (χ2v) is 29.8. The molecule has 8 atom stereocenters. The molecular weight excluding hydrogens is 2460 g/mol. The summed E-state index contributed by atoms with van der Waals surface area (Å²) in [4.78, 5) is 37.2.